The van der Waals surface area contributed by atoms with Crippen LogP contribution in [0.15, 0.2) is 53.5 Å². The van der Waals surface area contributed by atoms with Crippen molar-refractivity contribution < 1.29 is 13.9 Å². The zero-order chi connectivity index (χ0) is 21.1. The van der Waals surface area contributed by atoms with E-state index in [9.17, 15) is 9.18 Å². The molecule has 1 amide bonds. The van der Waals surface area contributed by atoms with Crippen LogP contribution in [0.2, 0.25) is 0 Å². The van der Waals surface area contributed by atoms with Crippen LogP contribution in [0.5, 0.6) is 5.75 Å². The van der Waals surface area contributed by atoms with E-state index in [0.29, 0.717) is 30.4 Å². The van der Waals surface area contributed by atoms with Crippen LogP contribution in [0.25, 0.3) is 0 Å². The highest BCUT2D eigenvalue weighted by atomic mass is 127. The summed E-state index contributed by atoms with van der Waals surface area (Å²) in [6.07, 6.45) is 0.557. The van der Waals surface area contributed by atoms with Crippen molar-refractivity contribution in [3.63, 3.8) is 0 Å². The van der Waals surface area contributed by atoms with Gasteiger partial charge in [-0.3, -0.25) is 4.79 Å². The SMILES string of the molecule is CCNC(=NCC(C)Oc1cccc(F)c1)NCCc1cccc(C(=O)NC)c1.I. The summed E-state index contributed by atoms with van der Waals surface area (Å²) in [4.78, 5) is 16.3. The molecule has 1 atom stereocenters. The molecular weight excluding hydrogens is 498 g/mol. The largest absolute Gasteiger partial charge is 0.489 e. The number of amides is 1. The van der Waals surface area contributed by atoms with Crippen molar-refractivity contribution in [2.45, 2.75) is 26.4 Å². The predicted octanol–water partition coefficient (Wildman–Crippen LogP) is 3.37. The predicted molar refractivity (Wildman–Crippen MR) is 129 cm³/mol. The third-order valence-corrected chi connectivity index (χ3v) is 4.11. The summed E-state index contributed by atoms with van der Waals surface area (Å²) >= 11 is 0. The number of ether oxygens (including phenoxy) is 1. The molecule has 6 nitrogen and oxygen atoms in total. The van der Waals surface area contributed by atoms with Gasteiger partial charge in [-0.2, -0.15) is 0 Å². The molecule has 3 N–H and O–H groups in total. The van der Waals surface area contributed by atoms with Gasteiger partial charge in [0.05, 0.1) is 6.54 Å². The van der Waals surface area contributed by atoms with E-state index in [2.05, 4.69) is 20.9 Å². The van der Waals surface area contributed by atoms with Gasteiger partial charge in [0.1, 0.15) is 17.7 Å². The molecule has 0 saturated heterocycles. The number of carbonyl (C=O) groups is 1. The Bertz CT molecular complexity index is 832. The number of guanidine groups is 1. The van der Waals surface area contributed by atoms with Gasteiger partial charge in [0.2, 0.25) is 0 Å². The van der Waals surface area contributed by atoms with Crippen LogP contribution in [0.3, 0.4) is 0 Å². The Kier molecular flexibility index (Phi) is 11.8. The smallest absolute Gasteiger partial charge is 0.251 e. The molecule has 1 unspecified atom stereocenters. The molecule has 2 aromatic rings. The highest BCUT2D eigenvalue weighted by Gasteiger charge is 2.06. The summed E-state index contributed by atoms with van der Waals surface area (Å²) in [7, 11) is 1.62. The monoisotopic (exact) mass is 528 g/mol. The molecule has 0 heterocycles. The van der Waals surface area contributed by atoms with Gasteiger partial charge in [-0.1, -0.05) is 18.2 Å². The third kappa shape index (κ3) is 8.98. The number of rotatable bonds is 9. The average molecular weight is 528 g/mol. The first-order valence-corrected chi connectivity index (χ1v) is 9.77. The molecule has 0 aromatic heterocycles. The Morgan fingerprint density at radius 1 is 1.17 bits per heavy atom. The maximum absolute atomic E-state index is 13.3. The summed E-state index contributed by atoms with van der Waals surface area (Å²) in [5, 5.41) is 9.11. The number of hydrogen-bond acceptors (Lipinski definition) is 3. The van der Waals surface area contributed by atoms with Crippen molar-refractivity contribution >= 4 is 35.8 Å². The van der Waals surface area contributed by atoms with E-state index in [1.54, 1.807) is 25.2 Å². The number of aliphatic imine (C=N–C) groups is 1. The molecule has 0 fully saturated rings. The van der Waals surface area contributed by atoms with E-state index in [0.717, 1.165) is 18.5 Å². The standard InChI is InChI=1S/C22H29FN4O2.HI/c1-4-25-22(27-15-16(2)29-20-10-6-9-19(23)14-20)26-12-11-17-7-5-8-18(13-17)21(28)24-3;/h5-10,13-14,16H,4,11-12,15H2,1-3H3,(H,24,28)(H2,25,26,27);1H. The van der Waals surface area contributed by atoms with Crippen molar-refractivity contribution in [3.05, 3.63) is 65.5 Å². The fourth-order valence-corrected chi connectivity index (χ4v) is 2.71. The van der Waals surface area contributed by atoms with Crippen LogP contribution in [-0.4, -0.2) is 44.7 Å². The first kappa shape index (κ1) is 25.7. The van der Waals surface area contributed by atoms with E-state index in [1.165, 1.54) is 12.1 Å². The van der Waals surface area contributed by atoms with Crippen molar-refractivity contribution in [1.29, 1.82) is 0 Å². The van der Waals surface area contributed by atoms with E-state index < -0.39 is 0 Å². The van der Waals surface area contributed by atoms with Crippen LogP contribution >= 0.6 is 24.0 Å². The van der Waals surface area contributed by atoms with Gasteiger partial charge in [0.15, 0.2) is 5.96 Å². The number of nitrogens with one attached hydrogen (secondary N) is 3. The lowest BCUT2D eigenvalue weighted by Crippen LogP contribution is -2.39. The Hall–Kier alpha value is -2.36. The van der Waals surface area contributed by atoms with Crippen LogP contribution in [0.4, 0.5) is 4.39 Å². The molecule has 0 spiro atoms. The molecule has 2 rings (SSSR count). The number of nitrogens with zero attached hydrogens (tertiary/aromatic N) is 1. The molecule has 0 aliphatic carbocycles. The van der Waals surface area contributed by atoms with Gasteiger partial charge >= 0.3 is 0 Å². The third-order valence-electron chi connectivity index (χ3n) is 4.11. The normalized spacial score (nSPS) is 11.8. The van der Waals surface area contributed by atoms with Gasteiger partial charge in [-0.25, -0.2) is 9.38 Å². The maximum atomic E-state index is 13.3. The van der Waals surface area contributed by atoms with Gasteiger partial charge in [-0.15, -0.1) is 24.0 Å². The fourth-order valence-electron chi connectivity index (χ4n) is 2.71. The minimum absolute atomic E-state index is 0. The number of hydrogen-bond donors (Lipinski definition) is 3. The van der Waals surface area contributed by atoms with Crippen molar-refractivity contribution in [3.8, 4) is 5.75 Å². The molecule has 0 saturated carbocycles. The van der Waals surface area contributed by atoms with E-state index in [1.807, 2.05) is 32.0 Å². The molecule has 8 heteroatoms. The quantitative estimate of drug-likeness (QED) is 0.265. The Labute approximate surface area is 194 Å². The number of carbonyl (C=O) groups excluding carboxylic acids is 1. The van der Waals surface area contributed by atoms with Crippen LogP contribution in [0, 0.1) is 5.82 Å². The molecule has 0 aliphatic heterocycles. The van der Waals surface area contributed by atoms with Crippen molar-refractivity contribution in [2.75, 3.05) is 26.7 Å². The lowest BCUT2D eigenvalue weighted by Gasteiger charge is -2.15. The minimum atomic E-state index is -0.325. The second kappa shape index (κ2) is 13.8. The lowest BCUT2D eigenvalue weighted by molar-refractivity contribution is 0.0963. The minimum Gasteiger partial charge on any atom is -0.489 e. The second-order valence-corrected chi connectivity index (χ2v) is 6.56. The summed E-state index contributed by atoms with van der Waals surface area (Å²) in [5.74, 6) is 0.752. The van der Waals surface area contributed by atoms with Crippen LogP contribution in [0.1, 0.15) is 29.8 Å². The summed E-state index contributed by atoms with van der Waals surface area (Å²) in [5.41, 5.74) is 1.71. The molecule has 30 heavy (non-hydrogen) atoms. The molecule has 0 radical (unpaired) electrons. The van der Waals surface area contributed by atoms with Crippen LogP contribution < -0.4 is 20.7 Å². The highest BCUT2D eigenvalue weighted by molar-refractivity contribution is 14.0. The molecule has 164 valence electrons. The van der Waals surface area contributed by atoms with E-state index in [-0.39, 0.29) is 41.8 Å². The molecule has 0 bridgehead atoms. The fraction of sp³-hybridized carbons (Fsp3) is 0.364. The lowest BCUT2D eigenvalue weighted by atomic mass is 10.1. The second-order valence-electron chi connectivity index (χ2n) is 6.56. The molecule has 2 aromatic carbocycles. The van der Waals surface area contributed by atoms with E-state index >= 15 is 0 Å². The zero-order valence-corrected chi connectivity index (χ0v) is 19.9. The topological polar surface area (TPSA) is 74.8 Å². The summed E-state index contributed by atoms with van der Waals surface area (Å²) in [6, 6.07) is 13.6. The highest BCUT2D eigenvalue weighted by Crippen LogP contribution is 2.13. The first-order chi connectivity index (χ1) is 14.0. The number of halogens is 2. The maximum Gasteiger partial charge on any atom is 0.251 e. The van der Waals surface area contributed by atoms with Crippen molar-refractivity contribution in [1.82, 2.24) is 16.0 Å². The molecular formula is C22H30FIN4O2. The van der Waals surface area contributed by atoms with Crippen molar-refractivity contribution in [2.24, 2.45) is 4.99 Å². The van der Waals surface area contributed by atoms with Gasteiger partial charge in [0.25, 0.3) is 5.91 Å². The Balaban J connectivity index is 0.00000450. The summed E-state index contributed by atoms with van der Waals surface area (Å²) < 4.78 is 19.0. The van der Waals surface area contributed by atoms with Gasteiger partial charge in [-0.05, 0) is 50.1 Å². The summed E-state index contributed by atoms with van der Waals surface area (Å²) in [6.45, 7) is 5.72. The van der Waals surface area contributed by atoms with Gasteiger partial charge in [0, 0.05) is 31.8 Å². The zero-order valence-electron chi connectivity index (χ0n) is 17.6. The first-order valence-electron chi connectivity index (χ1n) is 9.77. The van der Waals surface area contributed by atoms with Gasteiger partial charge < -0.3 is 20.7 Å². The van der Waals surface area contributed by atoms with E-state index in [4.69, 9.17) is 4.74 Å². The number of benzene rings is 2. The average Bonchev–Trinajstić information content (AvgIpc) is 2.71. The Morgan fingerprint density at radius 2 is 1.93 bits per heavy atom. The Morgan fingerprint density at radius 3 is 2.63 bits per heavy atom. The van der Waals surface area contributed by atoms with Crippen LogP contribution in [-0.2, 0) is 6.42 Å². The molecule has 0 aliphatic rings.